The Morgan fingerprint density at radius 3 is 2.55 bits per heavy atom. The van der Waals surface area contributed by atoms with E-state index in [1.807, 2.05) is 0 Å². The minimum absolute atomic E-state index is 0.00554. The molecule has 0 spiro atoms. The Kier molecular flexibility index (Phi) is 5.55. The molecule has 0 radical (unpaired) electrons. The molecule has 110 valence electrons. The summed E-state index contributed by atoms with van der Waals surface area (Å²) in [6.07, 6.45) is 0.868. The Morgan fingerprint density at radius 1 is 1.40 bits per heavy atom. The van der Waals surface area contributed by atoms with Gasteiger partial charge in [-0.15, -0.1) is 0 Å². The van der Waals surface area contributed by atoms with Crippen LogP contribution in [0.4, 0.5) is 5.69 Å². The summed E-state index contributed by atoms with van der Waals surface area (Å²) in [6, 6.07) is 6.07. The third-order valence-electron chi connectivity index (χ3n) is 2.22. The molecule has 0 aliphatic carbocycles. The van der Waals surface area contributed by atoms with Gasteiger partial charge in [0.1, 0.15) is 10.7 Å². The summed E-state index contributed by atoms with van der Waals surface area (Å²) in [7, 11) is -3.66. The average molecular weight is 317 g/mol. The van der Waals surface area contributed by atoms with Gasteiger partial charge in [-0.3, -0.25) is 0 Å². The van der Waals surface area contributed by atoms with Gasteiger partial charge in [0, 0.05) is 12.3 Å². The van der Waals surface area contributed by atoms with Crippen molar-refractivity contribution < 1.29 is 8.42 Å². The van der Waals surface area contributed by atoms with E-state index in [0.717, 1.165) is 6.21 Å². The highest BCUT2D eigenvalue weighted by atomic mass is 35.5. The lowest BCUT2D eigenvalue weighted by Crippen LogP contribution is -2.31. The van der Waals surface area contributed by atoms with Gasteiger partial charge < -0.3 is 16.5 Å². The van der Waals surface area contributed by atoms with E-state index in [2.05, 4.69) is 10.0 Å². The first-order valence-electron chi connectivity index (χ1n) is 5.82. The molecule has 0 saturated carbocycles. The van der Waals surface area contributed by atoms with Crippen LogP contribution in [0.1, 0.15) is 13.8 Å². The van der Waals surface area contributed by atoms with E-state index in [-0.39, 0.29) is 27.5 Å². The molecule has 8 heteroatoms. The summed E-state index contributed by atoms with van der Waals surface area (Å²) in [5.74, 6) is 0.00821. The average Bonchev–Trinajstić information content (AvgIpc) is 2.36. The summed E-state index contributed by atoms with van der Waals surface area (Å²) in [5, 5.41) is 9.70. The zero-order chi connectivity index (χ0) is 15.3. The van der Waals surface area contributed by atoms with Crippen molar-refractivity contribution in [1.29, 1.82) is 5.41 Å². The van der Waals surface area contributed by atoms with Crippen molar-refractivity contribution in [2.45, 2.75) is 24.8 Å². The van der Waals surface area contributed by atoms with E-state index in [9.17, 15) is 8.42 Å². The van der Waals surface area contributed by atoms with E-state index in [1.54, 1.807) is 32.0 Å². The standard InChI is InChI=1S/C12H17ClN4O2S/c1-8(2)17-20(18,19)11-6-4-3-5-10(11)16-12(15)9(13)7-14/h3-8,14,16-17H,15H2,1-2H3/b12-9-,14-7?. The summed E-state index contributed by atoms with van der Waals surface area (Å²) in [5.41, 5.74) is 5.93. The summed E-state index contributed by atoms with van der Waals surface area (Å²) in [4.78, 5) is 0.0612. The predicted octanol–water partition coefficient (Wildman–Crippen LogP) is 1.80. The van der Waals surface area contributed by atoms with Crippen LogP contribution in [-0.4, -0.2) is 20.7 Å². The molecule has 1 aromatic rings. The number of sulfonamides is 1. The third kappa shape index (κ3) is 4.22. The molecule has 0 aliphatic rings. The third-order valence-corrected chi connectivity index (χ3v) is 4.25. The van der Waals surface area contributed by atoms with Gasteiger partial charge in [-0.1, -0.05) is 23.7 Å². The van der Waals surface area contributed by atoms with Crippen LogP contribution in [0.2, 0.25) is 0 Å². The first-order valence-corrected chi connectivity index (χ1v) is 7.68. The van der Waals surface area contributed by atoms with Gasteiger partial charge in [0.15, 0.2) is 0 Å². The fourth-order valence-electron chi connectivity index (χ4n) is 1.46. The largest absolute Gasteiger partial charge is 0.384 e. The summed E-state index contributed by atoms with van der Waals surface area (Å²) in [6.45, 7) is 3.46. The van der Waals surface area contributed by atoms with Crippen LogP contribution >= 0.6 is 11.6 Å². The second kappa shape index (κ2) is 6.74. The molecule has 0 fully saturated rings. The molecule has 0 atom stereocenters. The first kappa shape index (κ1) is 16.5. The van der Waals surface area contributed by atoms with Gasteiger partial charge >= 0.3 is 0 Å². The number of benzene rings is 1. The molecular formula is C12H17ClN4O2S. The lowest BCUT2D eigenvalue weighted by atomic mass is 10.3. The van der Waals surface area contributed by atoms with Crippen molar-refractivity contribution >= 4 is 33.5 Å². The molecule has 0 unspecified atom stereocenters. The lowest BCUT2D eigenvalue weighted by molar-refractivity contribution is 0.570. The lowest BCUT2D eigenvalue weighted by Gasteiger charge is -2.15. The van der Waals surface area contributed by atoms with Crippen LogP contribution < -0.4 is 15.8 Å². The zero-order valence-electron chi connectivity index (χ0n) is 11.1. The highest BCUT2D eigenvalue weighted by Gasteiger charge is 2.19. The van der Waals surface area contributed by atoms with Crippen LogP contribution in [0.5, 0.6) is 0 Å². The van der Waals surface area contributed by atoms with Gasteiger partial charge in [-0.05, 0) is 26.0 Å². The molecule has 0 amide bonds. The smallest absolute Gasteiger partial charge is 0.242 e. The maximum atomic E-state index is 12.2. The van der Waals surface area contributed by atoms with Gasteiger partial charge in [-0.2, -0.15) is 0 Å². The van der Waals surface area contributed by atoms with Crippen molar-refractivity contribution in [3.05, 3.63) is 35.1 Å². The molecule has 0 saturated heterocycles. The highest BCUT2D eigenvalue weighted by Crippen LogP contribution is 2.22. The molecule has 6 nitrogen and oxygen atoms in total. The van der Waals surface area contributed by atoms with E-state index in [0.29, 0.717) is 0 Å². The number of nitrogens with one attached hydrogen (secondary N) is 3. The second-order valence-corrected chi connectivity index (χ2v) is 6.39. The van der Waals surface area contributed by atoms with Crippen molar-refractivity contribution in [1.82, 2.24) is 4.72 Å². The molecule has 0 aromatic heterocycles. The fourth-order valence-corrected chi connectivity index (χ4v) is 2.92. The number of para-hydroxylation sites is 1. The number of nitrogens with two attached hydrogens (primary N) is 1. The number of allylic oxidation sites excluding steroid dienone is 1. The first-order chi connectivity index (χ1) is 9.27. The molecule has 0 bridgehead atoms. The number of hydrogen-bond acceptors (Lipinski definition) is 5. The van der Waals surface area contributed by atoms with Gasteiger partial charge in [0.05, 0.1) is 10.7 Å². The zero-order valence-corrected chi connectivity index (χ0v) is 12.7. The van der Waals surface area contributed by atoms with E-state index >= 15 is 0 Å². The molecule has 1 aromatic carbocycles. The summed E-state index contributed by atoms with van der Waals surface area (Å²) >= 11 is 5.70. The van der Waals surface area contributed by atoms with E-state index in [1.165, 1.54) is 6.07 Å². The Morgan fingerprint density at radius 2 is 2.00 bits per heavy atom. The second-order valence-electron chi connectivity index (χ2n) is 4.30. The van der Waals surface area contributed by atoms with Gasteiger partial charge in [0.25, 0.3) is 0 Å². The topological polar surface area (TPSA) is 108 Å². The van der Waals surface area contributed by atoms with Crippen molar-refractivity contribution in [2.75, 3.05) is 5.32 Å². The Labute approximate surface area is 123 Å². The minimum Gasteiger partial charge on any atom is -0.384 e. The molecular weight excluding hydrogens is 300 g/mol. The molecule has 1 rings (SSSR count). The number of hydrogen-bond donors (Lipinski definition) is 4. The van der Waals surface area contributed by atoms with Crippen LogP contribution in [0, 0.1) is 5.41 Å². The number of halogens is 1. The van der Waals surface area contributed by atoms with Crippen LogP contribution in [-0.2, 0) is 10.0 Å². The number of anilines is 1. The molecule has 0 heterocycles. The van der Waals surface area contributed by atoms with Crippen molar-refractivity contribution in [2.24, 2.45) is 5.73 Å². The van der Waals surface area contributed by atoms with Gasteiger partial charge in [0.2, 0.25) is 10.0 Å². The SMILES string of the molecule is CC(C)NS(=O)(=O)c1ccccc1N/C(N)=C(\Cl)C=N. The molecule has 20 heavy (non-hydrogen) atoms. The fraction of sp³-hybridized carbons (Fsp3) is 0.250. The van der Waals surface area contributed by atoms with E-state index < -0.39 is 10.0 Å². The number of rotatable bonds is 6. The minimum atomic E-state index is -3.66. The Balaban J connectivity index is 3.22. The predicted molar refractivity (Wildman–Crippen MR) is 81.4 cm³/mol. The Hall–Kier alpha value is -1.57. The summed E-state index contributed by atoms with van der Waals surface area (Å²) < 4.78 is 26.9. The van der Waals surface area contributed by atoms with Crippen LogP contribution in [0.15, 0.2) is 40.0 Å². The van der Waals surface area contributed by atoms with Crippen LogP contribution in [0.25, 0.3) is 0 Å². The van der Waals surface area contributed by atoms with Gasteiger partial charge in [-0.25, -0.2) is 13.1 Å². The highest BCUT2D eigenvalue weighted by molar-refractivity contribution is 7.89. The quantitative estimate of drug-likeness (QED) is 0.600. The van der Waals surface area contributed by atoms with Crippen LogP contribution in [0.3, 0.4) is 0 Å². The monoisotopic (exact) mass is 316 g/mol. The van der Waals surface area contributed by atoms with Crippen molar-refractivity contribution in [3.63, 3.8) is 0 Å². The Bertz CT molecular complexity index is 626. The van der Waals surface area contributed by atoms with Crippen molar-refractivity contribution in [3.8, 4) is 0 Å². The molecule has 0 aliphatic heterocycles. The maximum Gasteiger partial charge on any atom is 0.242 e. The normalized spacial score (nSPS) is 13.0. The molecule has 5 N–H and O–H groups in total. The van der Waals surface area contributed by atoms with E-state index in [4.69, 9.17) is 22.7 Å². The maximum absolute atomic E-state index is 12.2.